The average molecular weight is 511 g/mol. The molecule has 2 fully saturated rings. The van der Waals surface area contributed by atoms with E-state index in [2.05, 4.69) is 0 Å². The molecule has 1 aromatic rings. The van der Waals surface area contributed by atoms with E-state index in [-0.39, 0.29) is 30.0 Å². The molecular formula is C28H34N2O7. The molecule has 9 heteroatoms. The summed E-state index contributed by atoms with van der Waals surface area (Å²) in [5.41, 5.74) is 0.648. The van der Waals surface area contributed by atoms with Gasteiger partial charge in [-0.15, -0.1) is 0 Å². The molecule has 0 radical (unpaired) electrons. The largest absolute Gasteiger partial charge is 0.508 e. The zero-order valence-corrected chi connectivity index (χ0v) is 21.8. The molecule has 2 heterocycles. The molecule has 2 aliphatic rings. The highest BCUT2D eigenvalue weighted by atomic mass is 16.7. The number of likely N-dealkylation sites (tertiary alicyclic amines) is 1. The van der Waals surface area contributed by atoms with E-state index in [4.69, 9.17) is 9.47 Å². The molecule has 3 unspecified atom stereocenters. The Morgan fingerprint density at radius 2 is 1.73 bits per heavy atom. The van der Waals surface area contributed by atoms with Crippen LogP contribution >= 0.6 is 0 Å². The number of rotatable bonds is 9. The van der Waals surface area contributed by atoms with Crippen molar-refractivity contribution >= 4 is 23.8 Å². The van der Waals surface area contributed by atoms with E-state index in [0.717, 1.165) is 18.1 Å². The Balaban J connectivity index is 1.59. The van der Waals surface area contributed by atoms with E-state index in [0.29, 0.717) is 6.54 Å². The minimum atomic E-state index is -1.36. The first-order valence-corrected chi connectivity index (χ1v) is 12.3. The summed E-state index contributed by atoms with van der Waals surface area (Å²) in [4.78, 5) is 53.2. The number of ether oxygens (including phenoxy) is 2. The maximum absolute atomic E-state index is 13.2. The summed E-state index contributed by atoms with van der Waals surface area (Å²) >= 11 is 0. The van der Waals surface area contributed by atoms with Crippen LogP contribution in [0.1, 0.15) is 45.6 Å². The van der Waals surface area contributed by atoms with Gasteiger partial charge in [-0.1, -0.05) is 44.2 Å². The van der Waals surface area contributed by atoms with Gasteiger partial charge in [-0.3, -0.25) is 14.5 Å². The second-order valence-electron chi connectivity index (χ2n) is 9.72. The second kappa shape index (κ2) is 11.5. The molecule has 2 amide bonds. The minimum absolute atomic E-state index is 0.0256. The molecule has 0 spiro atoms. The summed E-state index contributed by atoms with van der Waals surface area (Å²) in [5.74, 6) is -4.59. The number of aliphatic hydroxyl groups excluding tert-OH is 1. The highest BCUT2D eigenvalue weighted by Gasteiger charge is 2.48. The van der Waals surface area contributed by atoms with Crippen molar-refractivity contribution in [3.05, 3.63) is 71.7 Å². The smallest absolute Gasteiger partial charge is 0.348 e. The Kier molecular flexibility index (Phi) is 8.57. The first kappa shape index (κ1) is 27.7. The van der Waals surface area contributed by atoms with Gasteiger partial charge in [0.05, 0.1) is 5.92 Å². The van der Waals surface area contributed by atoms with Crippen LogP contribution in [0, 0.1) is 11.8 Å². The molecule has 9 nitrogen and oxygen atoms in total. The lowest BCUT2D eigenvalue weighted by Crippen LogP contribution is -2.41. The number of hydrogen-bond acceptors (Lipinski definition) is 8. The number of amides is 2. The summed E-state index contributed by atoms with van der Waals surface area (Å²) in [7, 11) is 1.77. The third-order valence-electron chi connectivity index (χ3n) is 6.54. The summed E-state index contributed by atoms with van der Waals surface area (Å²) in [6.07, 6.45) is 6.18. The molecule has 1 aromatic carbocycles. The fourth-order valence-corrected chi connectivity index (χ4v) is 4.64. The lowest BCUT2D eigenvalue weighted by Gasteiger charge is -2.29. The van der Waals surface area contributed by atoms with Gasteiger partial charge in [0.15, 0.2) is 0 Å². The molecule has 0 bridgehead atoms. The maximum Gasteiger partial charge on any atom is 0.348 e. The van der Waals surface area contributed by atoms with Gasteiger partial charge in [0.1, 0.15) is 11.3 Å². The SMILES string of the molecule is CCC(c1ccccc1)C1C(=O)N(CCN(C)/C=C/C=C(\O)C=C2C(=O)OC(C)(C)OC2=O)C(=O)C1C. The van der Waals surface area contributed by atoms with Crippen LogP contribution in [0.25, 0.3) is 0 Å². The number of esters is 2. The van der Waals surface area contributed by atoms with Crippen molar-refractivity contribution in [2.24, 2.45) is 11.8 Å². The number of imide groups is 1. The van der Waals surface area contributed by atoms with Crippen LogP contribution in [0.3, 0.4) is 0 Å². The number of carbonyl (C=O) groups is 4. The Hall–Kier alpha value is -3.88. The van der Waals surface area contributed by atoms with Crippen molar-refractivity contribution in [3.63, 3.8) is 0 Å². The third-order valence-corrected chi connectivity index (χ3v) is 6.54. The van der Waals surface area contributed by atoms with E-state index in [1.165, 1.54) is 30.9 Å². The quantitative estimate of drug-likeness (QED) is 0.134. The Morgan fingerprint density at radius 3 is 2.32 bits per heavy atom. The van der Waals surface area contributed by atoms with Gasteiger partial charge in [-0.25, -0.2) is 9.59 Å². The number of allylic oxidation sites excluding steroid dienone is 3. The number of aliphatic hydroxyl groups is 1. The number of carbonyl (C=O) groups excluding carboxylic acids is 4. The van der Waals surface area contributed by atoms with Crippen molar-refractivity contribution in [1.29, 1.82) is 0 Å². The van der Waals surface area contributed by atoms with Gasteiger partial charge < -0.3 is 19.5 Å². The molecule has 2 aliphatic heterocycles. The van der Waals surface area contributed by atoms with Crippen molar-refractivity contribution < 1.29 is 33.8 Å². The minimum Gasteiger partial charge on any atom is -0.508 e. The lowest BCUT2D eigenvalue weighted by atomic mass is 9.78. The normalized spacial score (nSPS) is 22.8. The van der Waals surface area contributed by atoms with Crippen molar-refractivity contribution in [3.8, 4) is 0 Å². The van der Waals surface area contributed by atoms with Crippen molar-refractivity contribution in [2.75, 3.05) is 20.1 Å². The molecular weight excluding hydrogens is 476 g/mol. The molecule has 198 valence electrons. The van der Waals surface area contributed by atoms with Gasteiger partial charge in [-0.2, -0.15) is 0 Å². The third kappa shape index (κ3) is 6.47. The number of likely N-dealkylation sites (N-methyl/N-ethyl adjacent to an activating group) is 1. The topological polar surface area (TPSA) is 113 Å². The average Bonchev–Trinajstić information content (AvgIpc) is 3.04. The lowest BCUT2D eigenvalue weighted by molar-refractivity contribution is -0.222. The molecule has 0 saturated carbocycles. The maximum atomic E-state index is 13.2. The molecule has 3 atom stereocenters. The van der Waals surface area contributed by atoms with Gasteiger partial charge in [-0.05, 0) is 36.3 Å². The molecule has 0 aliphatic carbocycles. The zero-order chi connectivity index (χ0) is 27.3. The van der Waals surface area contributed by atoms with Gasteiger partial charge in [0.25, 0.3) is 5.79 Å². The number of hydrogen-bond donors (Lipinski definition) is 1. The van der Waals surface area contributed by atoms with Crippen LogP contribution in [0.4, 0.5) is 0 Å². The predicted molar refractivity (Wildman–Crippen MR) is 136 cm³/mol. The number of nitrogens with zero attached hydrogens (tertiary/aromatic N) is 2. The second-order valence-corrected chi connectivity index (χ2v) is 9.72. The van der Waals surface area contributed by atoms with Crippen LogP contribution in [-0.2, 0) is 28.7 Å². The van der Waals surface area contributed by atoms with E-state index >= 15 is 0 Å². The van der Waals surface area contributed by atoms with Gasteiger partial charge >= 0.3 is 11.9 Å². The highest BCUT2D eigenvalue weighted by molar-refractivity contribution is 6.15. The van der Waals surface area contributed by atoms with Crippen molar-refractivity contribution in [1.82, 2.24) is 9.80 Å². The first-order chi connectivity index (χ1) is 17.4. The predicted octanol–water partition coefficient (Wildman–Crippen LogP) is 3.45. The van der Waals surface area contributed by atoms with E-state index in [9.17, 15) is 24.3 Å². The van der Waals surface area contributed by atoms with Gasteiger partial charge in [0, 0.05) is 46.0 Å². The van der Waals surface area contributed by atoms with Crippen LogP contribution < -0.4 is 0 Å². The molecule has 0 aromatic heterocycles. The molecule has 37 heavy (non-hydrogen) atoms. The summed E-state index contributed by atoms with van der Waals surface area (Å²) in [6, 6.07) is 9.82. The Bertz CT molecular complexity index is 1110. The Morgan fingerprint density at radius 1 is 1.11 bits per heavy atom. The van der Waals surface area contributed by atoms with Crippen LogP contribution in [0.5, 0.6) is 0 Å². The standard InChI is InChI=1S/C28H34N2O7/c1-6-21(19-11-8-7-9-12-19)23-18(2)24(32)30(25(23)33)16-15-29(5)14-10-13-20(31)17-22-26(34)36-28(3,4)37-27(22)35/h7-14,17-18,21,23,31H,6,15-16H2,1-5H3/b14-10+,20-13-. The van der Waals surface area contributed by atoms with E-state index in [1.807, 2.05) is 44.2 Å². The monoisotopic (exact) mass is 510 g/mol. The van der Waals surface area contributed by atoms with Crippen molar-refractivity contribution in [2.45, 2.75) is 45.8 Å². The fourth-order valence-electron chi connectivity index (χ4n) is 4.64. The van der Waals surface area contributed by atoms with E-state index in [1.54, 1.807) is 18.1 Å². The number of cyclic esters (lactones) is 2. The zero-order valence-electron chi connectivity index (χ0n) is 21.8. The first-order valence-electron chi connectivity index (χ1n) is 12.3. The highest BCUT2D eigenvalue weighted by Crippen LogP contribution is 2.39. The van der Waals surface area contributed by atoms with Gasteiger partial charge in [0.2, 0.25) is 11.8 Å². The summed E-state index contributed by atoms with van der Waals surface area (Å²) in [6.45, 7) is 7.34. The fraction of sp³-hybridized carbons (Fsp3) is 0.429. The molecule has 1 N–H and O–H groups in total. The number of benzene rings is 1. The Labute approximate surface area is 217 Å². The van der Waals surface area contributed by atoms with Crippen LogP contribution in [0.2, 0.25) is 0 Å². The molecule has 2 saturated heterocycles. The van der Waals surface area contributed by atoms with E-state index < -0.39 is 35.1 Å². The summed E-state index contributed by atoms with van der Waals surface area (Å²) in [5, 5.41) is 10.1. The summed E-state index contributed by atoms with van der Waals surface area (Å²) < 4.78 is 9.97. The molecule has 3 rings (SSSR count). The van der Waals surface area contributed by atoms with Crippen LogP contribution in [0.15, 0.2) is 66.1 Å². The van der Waals surface area contributed by atoms with Crippen LogP contribution in [-0.4, -0.2) is 64.6 Å².